The van der Waals surface area contributed by atoms with Gasteiger partial charge in [0.2, 0.25) is 5.91 Å². The molecule has 0 atom stereocenters. The topological polar surface area (TPSA) is 80.3 Å². The number of carbonyl (C=O) groups excluding carboxylic acids is 2. The summed E-state index contributed by atoms with van der Waals surface area (Å²) in [6, 6.07) is 9.65. The van der Waals surface area contributed by atoms with Gasteiger partial charge in [0.05, 0.1) is 5.02 Å². The van der Waals surface area contributed by atoms with Crippen LogP contribution in [0.5, 0.6) is 5.75 Å². The molecule has 0 saturated heterocycles. The molecule has 0 aliphatic rings. The third-order valence-corrected chi connectivity index (χ3v) is 4.26. The number of aryl methyl sites for hydroxylation is 1. The standard InChI is InChI=1S/C21H23ClFN3O3/c1-15(21(28)26-11-4-6-16-5-2-3-10-24-16)9-12-25-20(27)14-29-17-7-8-18(22)19(23)13-17/h2-3,5,7-8,10,13H,1,4,6,9,11-12,14H2,(H,25,27)(H,26,28). The molecule has 2 amide bonds. The third kappa shape index (κ3) is 8.31. The Morgan fingerprint density at radius 1 is 1.17 bits per heavy atom. The number of pyridine rings is 1. The highest BCUT2D eigenvalue weighted by atomic mass is 35.5. The summed E-state index contributed by atoms with van der Waals surface area (Å²) < 4.78 is 18.5. The Hall–Kier alpha value is -2.93. The van der Waals surface area contributed by atoms with Crippen LogP contribution in [0.4, 0.5) is 4.39 Å². The molecule has 0 unspecified atom stereocenters. The van der Waals surface area contributed by atoms with Gasteiger partial charge in [-0.25, -0.2) is 4.39 Å². The number of halogens is 2. The van der Waals surface area contributed by atoms with Gasteiger partial charge in [0, 0.05) is 36.6 Å². The highest BCUT2D eigenvalue weighted by Gasteiger charge is 2.09. The molecule has 0 fully saturated rings. The molecule has 2 rings (SSSR count). The number of benzene rings is 1. The molecule has 0 bridgehead atoms. The van der Waals surface area contributed by atoms with Gasteiger partial charge in [0.25, 0.3) is 5.91 Å². The van der Waals surface area contributed by atoms with E-state index >= 15 is 0 Å². The Morgan fingerprint density at radius 2 is 2.00 bits per heavy atom. The molecular weight excluding hydrogens is 397 g/mol. The minimum atomic E-state index is -0.619. The number of nitrogens with one attached hydrogen (secondary N) is 2. The first kappa shape index (κ1) is 22.4. The molecule has 0 aliphatic heterocycles. The molecule has 0 saturated carbocycles. The van der Waals surface area contributed by atoms with Gasteiger partial charge in [-0.3, -0.25) is 14.6 Å². The zero-order chi connectivity index (χ0) is 21.1. The van der Waals surface area contributed by atoms with E-state index in [-0.39, 0.29) is 35.7 Å². The molecule has 1 aromatic carbocycles. The van der Waals surface area contributed by atoms with E-state index in [0.717, 1.165) is 24.6 Å². The van der Waals surface area contributed by atoms with Crippen LogP contribution < -0.4 is 15.4 Å². The van der Waals surface area contributed by atoms with Crippen LogP contribution in [0, 0.1) is 5.82 Å². The van der Waals surface area contributed by atoms with E-state index in [9.17, 15) is 14.0 Å². The van der Waals surface area contributed by atoms with E-state index in [4.69, 9.17) is 16.3 Å². The number of nitrogens with zero attached hydrogens (tertiary/aromatic N) is 1. The van der Waals surface area contributed by atoms with E-state index in [1.165, 1.54) is 12.1 Å². The molecule has 6 nitrogen and oxygen atoms in total. The number of rotatable bonds is 11. The SMILES string of the molecule is C=C(CCNC(=O)COc1ccc(Cl)c(F)c1)C(=O)NCCCc1ccccn1. The van der Waals surface area contributed by atoms with Gasteiger partial charge in [0.1, 0.15) is 11.6 Å². The zero-order valence-electron chi connectivity index (χ0n) is 15.9. The summed E-state index contributed by atoms with van der Waals surface area (Å²) in [6.45, 7) is 4.24. The summed E-state index contributed by atoms with van der Waals surface area (Å²) in [5.41, 5.74) is 1.36. The van der Waals surface area contributed by atoms with Crippen molar-refractivity contribution in [1.29, 1.82) is 0 Å². The first-order valence-corrected chi connectivity index (χ1v) is 9.54. The van der Waals surface area contributed by atoms with E-state index < -0.39 is 5.82 Å². The summed E-state index contributed by atoms with van der Waals surface area (Å²) in [5, 5.41) is 5.40. The van der Waals surface area contributed by atoms with Gasteiger partial charge in [-0.2, -0.15) is 0 Å². The smallest absolute Gasteiger partial charge is 0.257 e. The second-order valence-corrected chi connectivity index (χ2v) is 6.66. The van der Waals surface area contributed by atoms with Gasteiger partial charge < -0.3 is 15.4 Å². The van der Waals surface area contributed by atoms with Crippen molar-refractivity contribution >= 4 is 23.4 Å². The third-order valence-electron chi connectivity index (χ3n) is 3.95. The van der Waals surface area contributed by atoms with Crippen molar-refractivity contribution in [3.63, 3.8) is 0 Å². The van der Waals surface area contributed by atoms with Crippen LogP contribution in [0.25, 0.3) is 0 Å². The van der Waals surface area contributed by atoms with Crippen LogP contribution >= 0.6 is 11.6 Å². The van der Waals surface area contributed by atoms with Gasteiger partial charge in [-0.05, 0) is 43.5 Å². The summed E-state index contributed by atoms with van der Waals surface area (Å²) in [5.74, 6) is -1.04. The summed E-state index contributed by atoms with van der Waals surface area (Å²) in [7, 11) is 0. The molecule has 0 radical (unpaired) electrons. The van der Waals surface area contributed by atoms with E-state index in [1.54, 1.807) is 6.20 Å². The minimum Gasteiger partial charge on any atom is -0.484 e. The lowest BCUT2D eigenvalue weighted by molar-refractivity contribution is -0.123. The Kier molecular flexibility index (Phi) is 9.11. The fourth-order valence-corrected chi connectivity index (χ4v) is 2.49. The van der Waals surface area contributed by atoms with E-state index in [2.05, 4.69) is 22.2 Å². The molecule has 2 N–H and O–H groups in total. The Bertz CT molecular complexity index is 846. The quantitative estimate of drug-likeness (QED) is 0.433. The number of aromatic nitrogens is 1. The molecule has 0 spiro atoms. The second-order valence-electron chi connectivity index (χ2n) is 6.25. The maximum atomic E-state index is 13.3. The maximum absolute atomic E-state index is 13.3. The van der Waals surface area contributed by atoms with Crippen LogP contribution in [-0.2, 0) is 16.0 Å². The van der Waals surface area contributed by atoms with Crippen molar-refractivity contribution in [2.75, 3.05) is 19.7 Å². The highest BCUT2D eigenvalue weighted by molar-refractivity contribution is 6.30. The second kappa shape index (κ2) is 11.8. The molecule has 154 valence electrons. The predicted molar refractivity (Wildman–Crippen MR) is 109 cm³/mol. The van der Waals surface area contributed by atoms with Crippen LogP contribution in [0.1, 0.15) is 18.5 Å². The molecule has 1 heterocycles. The predicted octanol–water partition coefficient (Wildman–Crippen LogP) is 3.06. The van der Waals surface area contributed by atoms with Crippen molar-refractivity contribution in [3.05, 3.63) is 71.3 Å². The summed E-state index contributed by atoms with van der Waals surface area (Å²) in [4.78, 5) is 28.0. The maximum Gasteiger partial charge on any atom is 0.257 e. The van der Waals surface area contributed by atoms with Gasteiger partial charge in [-0.15, -0.1) is 0 Å². The first-order chi connectivity index (χ1) is 14.0. The fraction of sp³-hybridized carbons (Fsp3) is 0.286. The van der Waals surface area contributed by atoms with Crippen LogP contribution in [0.3, 0.4) is 0 Å². The van der Waals surface area contributed by atoms with Gasteiger partial charge in [-0.1, -0.05) is 24.2 Å². The molecule has 8 heteroatoms. The monoisotopic (exact) mass is 419 g/mol. The number of hydrogen-bond acceptors (Lipinski definition) is 4. The number of carbonyl (C=O) groups is 2. The van der Waals surface area contributed by atoms with Crippen LogP contribution in [0.15, 0.2) is 54.7 Å². The van der Waals surface area contributed by atoms with Crippen molar-refractivity contribution in [1.82, 2.24) is 15.6 Å². The Balaban J connectivity index is 1.57. The number of ether oxygens (including phenoxy) is 1. The van der Waals surface area contributed by atoms with Crippen LogP contribution in [0.2, 0.25) is 5.02 Å². The van der Waals surface area contributed by atoms with Crippen molar-refractivity contribution < 1.29 is 18.7 Å². The minimum absolute atomic E-state index is 0.0182. The summed E-state index contributed by atoms with van der Waals surface area (Å²) in [6.07, 6.45) is 3.60. The summed E-state index contributed by atoms with van der Waals surface area (Å²) >= 11 is 5.58. The molecular formula is C21H23ClFN3O3. The highest BCUT2D eigenvalue weighted by Crippen LogP contribution is 2.20. The van der Waals surface area contributed by atoms with Crippen molar-refractivity contribution in [2.24, 2.45) is 0 Å². The lowest BCUT2D eigenvalue weighted by Crippen LogP contribution is -2.32. The fourth-order valence-electron chi connectivity index (χ4n) is 2.38. The lowest BCUT2D eigenvalue weighted by Gasteiger charge is -2.10. The number of hydrogen-bond donors (Lipinski definition) is 2. The van der Waals surface area contributed by atoms with Crippen LogP contribution in [-0.4, -0.2) is 36.5 Å². The zero-order valence-corrected chi connectivity index (χ0v) is 16.7. The molecule has 29 heavy (non-hydrogen) atoms. The normalized spacial score (nSPS) is 10.3. The van der Waals surface area contributed by atoms with E-state index in [0.29, 0.717) is 18.5 Å². The Labute approximate surface area is 174 Å². The first-order valence-electron chi connectivity index (χ1n) is 9.16. The molecule has 0 aliphatic carbocycles. The van der Waals surface area contributed by atoms with Crippen molar-refractivity contribution in [3.8, 4) is 5.75 Å². The van der Waals surface area contributed by atoms with E-state index in [1.807, 2.05) is 18.2 Å². The average Bonchev–Trinajstić information content (AvgIpc) is 2.72. The molecule has 2 aromatic rings. The van der Waals surface area contributed by atoms with Gasteiger partial charge in [0.15, 0.2) is 6.61 Å². The average molecular weight is 420 g/mol. The number of amides is 2. The Morgan fingerprint density at radius 3 is 2.72 bits per heavy atom. The molecule has 1 aromatic heterocycles. The lowest BCUT2D eigenvalue weighted by atomic mass is 10.2. The van der Waals surface area contributed by atoms with Gasteiger partial charge >= 0.3 is 0 Å². The largest absolute Gasteiger partial charge is 0.484 e. The van der Waals surface area contributed by atoms with Crippen molar-refractivity contribution in [2.45, 2.75) is 19.3 Å².